The monoisotopic (exact) mass is 364 g/mol. The molecule has 0 atom stereocenters. The average molecular weight is 365 g/mol. The van der Waals surface area contributed by atoms with E-state index in [-0.39, 0.29) is 5.69 Å². The lowest BCUT2D eigenvalue weighted by molar-refractivity contribution is -0.137. The van der Waals surface area contributed by atoms with Crippen molar-refractivity contribution in [3.63, 3.8) is 0 Å². The van der Waals surface area contributed by atoms with Gasteiger partial charge in [-0.1, -0.05) is 15.9 Å². The smallest absolute Gasteiger partial charge is 0.373 e. The van der Waals surface area contributed by atoms with Crippen molar-refractivity contribution < 1.29 is 13.2 Å². The van der Waals surface area contributed by atoms with Crippen molar-refractivity contribution in [2.45, 2.75) is 25.6 Å². The van der Waals surface area contributed by atoms with Gasteiger partial charge in [0.25, 0.3) is 0 Å². The van der Waals surface area contributed by atoms with Crippen LogP contribution in [0.4, 0.5) is 18.9 Å². The number of thiazole rings is 1. The van der Waals surface area contributed by atoms with Gasteiger partial charge in [0.2, 0.25) is 0 Å². The Labute approximate surface area is 127 Å². The van der Waals surface area contributed by atoms with E-state index in [1.807, 2.05) is 0 Å². The molecule has 0 fully saturated rings. The fourth-order valence-electron chi connectivity index (χ4n) is 1.79. The van der Waals surface area contributed by atoms with E-state index in [9.17, 15) is 13.2 Å². The highest BCUT2D eigenvalue weighted by atomic mass is 79.9. The third-order valence-electron chi connectivity index (χ3n) is 2.70. The Morgan fingerprint density at radius 1 is 1.25 bits per heavy atom. The molecule has 1 aromatic heterocycles. The summed E-state index contributed by atoms with van der Waals surface area (Å²) in [5, 5.41) is 5.46. The van der Waals surface area contributed by atoms with E-state index in [2.05, 4.69) is 26.2 Å². The molecule has 0 spiro atoms. The van der Waals surface area contributed by atoms with Gasteiger partial charge in [-0.05, 0) is 32.0 Å². The fourth-order valence-corrected chi connectivity index (χ4v) is 2.87. The maximum atomic E-state index is 13.0. The largest absolute Gasteiger partial charge is 0.418 e. The standard InChI is InChI=1S/C13H12BrF3N2S/c1-12(2,11-18-5-6-20-11)19-10-7-8(14)3-4-9(10)13(15,16)17/h3-7,19H,1-2H3. The number of anilines is 1. The molecule has 0 amide bonds. The summed E-state index contributed by atoms with van der Waals surface area (Å²) in [6.07, 6.45) is -2.77. The van der Waals surface area contributed by atoms with Gasteiger partial charge in [0.15, 0.2) is 0 Å². The first kappa shape index (κ1) is 15.3. The number of rotatable bonds is 3. The van der Waals surface area contributed by atoms with Crippen LogP contribution in [-0.2, 0) is 11.7 Å². The lowest BCUT2D eigenvalue weighted by Crippen LogP contribution is -2.29. The first-order valence-electron chi connectivity index (χ1n) is 5.75. The molecule has 0 saturated carbocycles. The summed E-state index contributed by atoms with van der Waals surface area (Å²) in [6.45, 7) is 3.60. The van der Waals surface area contributed by atoms with Crippen LogP contribution < -0.4 is 5.32 Å². The van der Waals surface area contributed by atoms with E-state index in [1.165, 1.54) is 23.5 Å². The zero-order chi connectivity index (χ0) is 15.0. The van der Waals surface area contributed by atoms with Crippen LogP contribution in [0.5, 0.6) is 0 Å². The number of alkyl halides is 3. The Morgan fingerprint density at radius 2 is 1.95 bits per heavy atom. The fraction of sp³-hybridized carbons (Fsp3) is 0.308. The molecule has 2 nitrogen and oxygen atoms in total. The van der Waals surface area contributed by atoms with Crippen LogP contribution in [0.25, 0.3) is 0 Å². The predicted molar refractivity (Wildman–Crippen MR) is 77.9 cm³/mol. The van der Waals surface area contributed by atoms with Crippen molar-refractivity contribution in [2.24, 2.45) is 0 Å². The minimum atomic E-state index is -4.40. The van der Waals surface area contributed by atoms with Gasteiger partial charge in [-0.15, -0.1) is 11.3 Å². The molecular weight excluding hydrogens is 353 g/mol. The summed E-state index contributed by atoms with van der Waals surface area (Å²) in [7, 11) is 0. The van der Waals surface area contributed by atoms with Gasteiger partial charge >= 0.3 is 6.18 Å². The summed E-state index contributed by atoms with van der Waals surface area (Å²) in [5.74, 6) is 0. The quantitative estimate of drug-likeness (QED) is 0.801. The molecular formula is C13H12BrF3N2S. The Morgan fingerprint density at radius 3 is 2.50 bits per heavy atom. The van der Waals surface area contributed by atoms with Gasteiger partial charge in [0.1, 0.15) is 5.01 Å². The topological polar surface area (TPSA) is 24.9 Å². The van der Waals surface area contributed by atoms with Gasteiger partial charge in [-0.2, -0.15) is 13.2 Å². The average Bonchev–Trinajstić information content (AvgIpc) is 2.80. The molecule has 1 N–H and O–H groups in total. The minimum Gasteiger partial charge on any atom is -0.373 e. The number of hydrogen-bond acceptors (Lipinski definition) is 3. The number of benzene rings is 1. The molecule has 20 heavy (non-hydrogen) atoms. The normalized spacial score (nSPS) is 12.5. The molecule has 0 radical (unpaired) electrons. The van der Waals surface area contributed by atoms with Gasteiger partial charge in [0, 0.05) is 21.7 Å². The minimum absolute atomic E-state index is 0.0343. The van der Waals surface area contributed by atoms with Crippen molar-refractivity contribution in [3.05, 3.63) is 44.8 Å². The molecule has 1 aromatic carbocycles. The number of halogens is 4. The van der Waals surface area contributed by atoms with Gasteiger partial charge < -0.3 is 5.32 Å². The highest BCUT2D eigenvalue weighted by Crippen LogP contribution is 2.38. The third-order valence-corrected chi connectivity index (χ3v) is 4.29. The first-order chi connectivity index (χ1) is 9.20. The van der Waals surface area contributed by atoms with Gasteiger partial charge in [-0.25, -0.2) is 4.98 Å². The van der Waals surface area contributed by atoms with E-state index in [4.69, 9.17) is 0 Å². The molecule has 0 saturated heterocycles. The number of nitrogens with zero attached hydrogens (tertiary/aromatic N) is 1. The first-order valence-corrected chi connectivity index (χ1v) is 7.42. The van der Waals surface area contributed by atoms with E-state index in [1.54, 1.807) is 25.4 Å². The predicted octanol–water partition coefficient (Wildman–Crippen LogP) is 5.27. The van der Waals surface area contributed by atoms with Crippen LogP contribution in [0, 0.1) is 0 Å². The highest BCUT2D eigenvalue weighted by molar-refractivity contribution is 9.10. The summed E-state index contributed by atoms with van der Waals surface area (Å²) in [5.41, 5.74) is -1.34. The van der Waals surface area contributed by atoms with Crippen LogP contribution in [0.15, 0.2) is 34.2 Å². The lowest BCUT2D eigenvalue weighted by atomic mass is 10.0. The molecule has 0 unspecified atom stereocenters. The third kappa shape index (κ3) is 3.32. The van der Waals surface area contributed by atoms with E-state index in [0.717, 1.165) is 11.1 Å². The maximum absolute atomic E-state index is 13.0. The number of hydrogen-bond donors (Lipinski definition) is 1. The lowest BCUT2D eigenvalue weighted by Gasteiger charge is -2.27. The molecule has 7 heteroatoms. The van der Waals surface area contributed by atoms with E-state index >= 15 is 0 Å². The van der Waals surface area contributed by atoms with Crippen LogP contribution in [0.3, 0.4) is 0 Å². The molecule has 2 aromatic rings. The van der Waals surface area contributed by atoms with Gasteiger partial charge in [0.05, 0.1) is 11.1 Å². The summed E-state index contributed by atoms with van der Waals surface area (Å²) >= 11 is 4.60. The van der Waals surface area contributed by atoms with E-state index in [0.29, 0.717) is 4.47 Å². The molecule has 0 bridgehead atoms. The SMILES string of the molecule is CC(C)(Nc1cc(Br)ccc1C(F)(F)F)c1nccs1. The van der Waals surface area contributed by atoms with Crippen LogP contribution in [0.2, 0.25) is 0 Å². The Bertz CT molecular complexity index is 594. The van der Waals surface area contributed by atoms with E-state index < -0.39 is 17.3 Å². The van der Waals surface area contributed by atoms with Crippen molar-refractivity contribution >= 4 is 33.0 Å². The zero-order valence-corrected chi connectivity index (χ0v) is 13.2. The van der Waals surface area contributed by atoms with Crippen molar-refractivity contribution in [1.29, 1.82) is 0 Å². The Balaban J connectivity index is 2.40. The van der Waals surface area contributed by atoms with Crippen LogP contribution in [0.1, 0.15) is 24.4 Å². The zero-order valence-electron chi connectivity index (χ0n) is 10.8. The van der Waals surface area contributed by atoms with Gasteiger partial charge in [-0.3, -0.25) is 0 Å². The number of nitrogens with one attached hydrogen (secondary N) is 1. The molecule has 0 aliphatic heterocycles. The molecule has 1 heterocycles. The summed E-state index contributed by atoms with van der Waals surface area (Å²) in [6, 6.07) is 3.87. The van der Waals surface area contributed by atoms with Crippen molar-refractivity contribution in [2.75, 3.05) is 5.32 Å². The van der Waals surface area contributed by atoms with Crippen LogP contribution >= 0.6 is 27.3 Å². The molecule has 0 aliphatic carbocycles. The molecule has 108 valence electrons. The van der Waals surface area contributed by atoms with Crippen molar-refractivity contribution in [1.82, 2.24) is 4.98 Å². The summed E-state index contributed by atoms with van der Waals surface area (Å²) in [4.78, 5) is 4.16. The second-order valence-electron chi connectivity index (χ2n) is 4.77. The second kappa shape index (κ2) is 5.37. The highest BCUT2D eigenvalue weighted by Gasteiger charge is 2.35. The Kier molecular flexibility index (Phi) is 4.11. The number of aromatic nitrogens is 1. The van der Waals surface area contributed by atoms with Crippen LogP contribution in [-0.4, -0.2) is 4.98 Å². The Hall–Kier alpha value is -1.08. The van der Waals surface area contributed by atoms with Crippen molar-refractivity contribution in [3.8, 4) is 0 Å². The second-order valence-corrected chi connectivity index (χ2v) is 6.59. The molecule has 0 aliphatic rings. The molecule has 2 rings (SSSR count). The summed E-state index contributed by atoms with van der Waals surface area (Å²) < 4.78 is 39.7. The maximum Gasteiger partial charge on any atom is 0.418 e.